The zero-order chi connectivity index (χ0) is 9.68. The van der Waals surface area contributed by atoms with E-state index in [4.69, 9.17) is 14.9 Å². The second kappa shape index (κ2) is 4.84. The second-order valence-corrected chi connectivity index (χ2v) is 2.77. The van der Waals surface area contributed by atoms with Crippen molar-refractivity contribution in [3.63, 3.8) is 0 Å². The van der Waals surface area contributed by atoms with E-state index in [-0.39, 0.29) is 5.57 Å². The number of hydrogen-bond acceptors (Lipinski definition) is 4. The molecule has 0 aliphatic carbocycles. The van der Waals surface area contributed by atoms with Crippen molar-refractivity contribution >= 4 is 5.97 Å². The van der Waals surface area contributed by atoms with Gasteiger partial charge in [-0.15, -0.1) is 0 Å². The molecule has 0 bridgehead atoms. The number of carboxylic acids is 1. The summed E-state index contributed by atoms with van der Waals surface area (Å²) in [6.07, 6.45) is 1.48. The zero-order valence-corrected chi connectivity index (χ0v) is 7.27. The van der Waals surface area contributed by atoms with Crippen molar-refractivity contribution in [3.05, 3.63) is 11.8 Å². The average Bonchev–Trinajstić information content (AvgIpc) is 2.15. The monoisotopic (exact) mass is 187 g/mol. The number of carbonyl (C=O) groups is 1. The molecular formula is C8H13NO4. The molecule has 1 saturated heterocycles. The van der Waals surface area contributed by atoms with Gasteiger partial charge in [0.05, 0.1) is 25.4 Å². The van der Waals surface area contributed by atoms with E-state index in [0.717, 1.165) is 0 Å². The van der Waals surface area contributed by atoms with Crippen LogP contribution in [-0.4, -0.2) is 54.0 Å². The van der Waals surface area contributed by atoms with Crippen molar-refractivity contribution in [2.75, 3.05) is 32.9 Å². The molecule has 1 aliphatic heterocycles. The average molecular weight is 187 g/mol. The molecule has 0 radical (unpaired) electrons. The first kappa shape index (κ1) is 10.0. The Balaban J connectivity index is 2.54. The lowest BCUT2D eigenvalue weighted by Crippen LogP contribution is -2.33. The molecule has 0 spiro atoms. The fourth-order valence-electron chi connectivity index (χ4n) is 1.09. The smallest absolute Gasteiger partial charge is 0.335 e. The number of aliphatic hydroxyl groups excluding tert-OH is 1. The van der Waals surface area contributed by atoms with E-state index in [2.05, 4.69) is 0 Å². The van der Waals surface area contributed by atoms with Crippen molar-refractivity contribution in [2.24, 2.45) is 0 Å². The first-order valence-electron chi connectivity index (χ1n) is 4.10. The fraction of sp³-hybridized carbons (Fsp3) is 0.625. The fourth-order valence-corrected chi connectivity index (χ4v) is 1.09. The topological polar surface area (TPSA) is 70.0 Å². The standard InChI is InChI=1S/C8H13NO4/c10-6-7(8(11)12)5-9-1-3-13-4-2-9/h5,10H,1-4,6H2,(H,11,12). The Bertz CT molecular complexity index is 208. The van der Waals surface area contributed by atoms with Gasteiger partial charge in [-0.3, -0.25) is 0 Å². The van der Waals surface area contributed by atoms with Crippen molar-refractivity contribution in [1.82, 2.24) is 4.90 Å². The van der Waals surface area contributed by atoms with E-state index in [1.54, 1.807) is 0 Å². The van der Waals surface area contributed by atoms with Crippen LogP contribution in [0.25, 0.3) is 0 Å². The Kier molecular flexibility index (Phi) is 3.72. The van der Waals surface area contributed by atoms with Crippen molar-refractivity contribution < 1.29 is 19.7 Å². The molecular weight excluding hydrogens is 174 g/mol. The molecule has 1 heterocycles. The van der Waals surface area contributed by atoms with Crippen LogP contribution in [0.5, 0.6) is 0 Å². The van der Waals surface area contributed by atoms with Crippen LogP contribution >= 0.6 is 0 Å². The molecule has 0 atom stereocenters. The van der Waals surface area contributed by atoms with Crippen molar-refractivity contribution in [3.8, 4) is 0 Å². The van der Waals surface area contributed by atoms with Crippen LogP contribution in [-0.2, 0) is 9.53 Å². The van der Waals surface area contributed by atoms with Gasteiger partial charge in [0.2, 0.25) is 0 Å². The van der Waals surface area contributed by atoms with Gasteiger partial charge in [0.25, 0.3) is 0 Å². The number of rotatable bonds is 3. The molecule has 2 N–H and O–H groups in total. The van der Waals surface area contributed by atoms with Gasteiger partial charge in [-0.1, -0.05) is 0 Å². The van der Waals surface area contributed by atoms with Crippen LogP contribution in [0.4, 0.5) is 0 Å². The Morgan fingerprint density at radius 1 is 1.46 bits per heavy atom. The highest BCUT2D eigenvalue weighted by atomic mass is 16.5. The zero-order valence-electron chi connectivity index (χ0n) is 7.27. The largest absolute Gasteiger partial charge is 0.478 e. The maximum atomic E-state index is 10.5. The van der Waals surface area contributed by atoms with Crippen LogP contribution < -0.4 is 0 Å². The maximum absolute atomic E-state index is 10.5. The normalized spacial score (nSPS) is 18.8. The van der Waals surface area contributed by atoms with E-state index in [1.807, 2.05) is 4.90 Å². The quantitative estimate of drug-likeness (QED) is 0.570. The number of carboxylic acid groups (broad SMARTS) is 1. The second-order valence-electron chi connectivity index (χ2n) is 2.77. The van der Waals surface area contributed by atoms with Crippen LogP contribution in [0.2, 0.25) is 0 Å². The number of aliphatic hydroxyl groups is 1. The van der Waals surface area contributed by atoms with Gasteiger partial charge in [-0.25, -0.2) is 4.79 Å². The van der Waals surface area contributed by atoms with Crippen LogP contribution in [0, 0.1) is 0 Å². The molecule has 0 amide bonds. The summed E-state index contributed by atoms with van der Waals surface area (Å²) in [6, 6.07) is 0. The Labute approximate surface area is 76.2 Å². The molecule has 13 heavy (non-hydrogen) atoms. The van der Waals surface area contributed by atoms with E-state index >= 15 is 0 Å². The van der Waals surface area contributed by atoms with Gasteiger partial charge in [0, 0.05) is 19.3 Å². The molecule has 0 saturated carbocycles. The summed E-state index contributed by atoms with van der Waals surface area (Å²) in [4.78, 5) is 12.4. The summed E-state index contributed by atoms with van der Waals surface area (Å²) in [5.41, 5.74) is 0.0156. The van der Waals surface area contributed by atoms with Crippen LogP contribution in [0.3, 0.4) is 0 Å². The van der Waals surface area contributed by atoms with E-state index < -0.39 is 12.6 Å². The molecule has 1 aliphatic rings. The SMILES string of the molecule is O=C(O)C(=CN1CCOCC1)CO. The van der Waals surface area contributed by atoms with Gasteiger partial charge < -0.3 is 19.8 Å². The molecule has 0 aromatic heterocycles. The van der Waals surface area contributed by atoms with Gasteiger partial charge in [0.1, 0.15) is 0 Å². The summed E-state index contributed by atoms with van der Waals surface area (Å²) in [6.45, 7) is 2.13. The summed E-state index contributed by atoms with van der Waals surface area (Å²) >= 11 is 0. The lowest BCUT2D eigenvalue weighted by molar-refractivity contribution is -0.133. The molecule has 5 heteroatoms. The lowest BCUT2D eigenvalue weighted by Gasteiger charge is -2.25. The van der Waals surface area contributed by atoms with Gasteiger partial charge >= 0.3 is 5.97 Å². The third-order valence-electron chi connectivity index (χ3n) is 1.83. The molecule has 5 nitrogen and oxygen atoms in total. The van der Waals surface area contributed by atoms with Gasteiger partial charge in [0.15, 0.2) is 0 Å². The molecule has 0 unspecified atom stereocenters. The first-order valence-corrected chi connectivity index (χ1v) is 4.10. The minimum atomic E-state index is -1.08. The number of morpholine rings is 1. The molecule has 1 rings (SSSR count). The summed E-state index contributed by atoms with van der Waals surface area (Å²) in [5, 5.41) is 17.3. The molecule has 74 valence electrons. The summed E-state index contributed by atoms with van der Waals surface area (Å²) < 4.78 is 5.09. The Morgan fingerprint density at radius 2 is 2.08 bits per heavy atom. The summed E-state index contributed by atoms with van der Waals surface area (Å²) in [5.74, 6) is -1.08. The highest BCUT2D eigenvalue weighted by molar-refractivity contribution is 5.86. The predicted octanol–water partition coefficient (Wildman–Crippen LogP) is -0.721. The minimum absolute atomic E-state index is 0.0156. The van der Waals surface area contributed by atoms with Gasteiger partial charge in [-0.2, -0.15) is 0 Å². The van der Waals surface area contributed by atoms with Gasteiger partial charge in [-0.05, 0) is 0 Å². The number of aliphatic carboxylic acids is 1. The third-order valence-corrected chi connectivity index (χ3v) is 1.83. The Morgan fingerprint density at radius 3 is 2.54 bits per heavy atom. The summed E-state index contributed by atoms with van der Waals surface area (Å²) in [7, 11) is 0. The Hall–Kier alpha value is -1.07. The van der Waals surface area contributed by atoms with Crippen molar-refractivity contribution in [2.45, 2.75) is 0 Å². The molecule has 0 aromatic rings. The predicted molar refractivity (Wildman–Crippen MR) is 45.2 cm³/mol. The first-order chi connectivity index (χ1) is 6.24. The number of nitrogens with zero attached hydrogens (tertiary/aromatic N) is 1. The number of ether oxygens (including phenoxy) is 1. The highest BCUT2D eigenvalue weighted by Crippen LogP contribution is 2.01. The third kappa shape index (κ3) is 3.04. The number of hydrogen-bond donors (Lipinski definition) is 2. The maximum Gasteiger partial charge on any atom is 0.335 e. The molecule has 1 fully saturated rings. The highest BCUT2D eigenvalue weighted by Gasteiger charge is 2.11. The van der Waals surface area contributed by atoms with Crippen molar-refractivity contribution in [1.29, 1.82) is 0 Å². The minimum Gasteiger partial charge on any atom is -0.478 e. The lowest BCUT2D eigenvalue weighted by atomic mass is 10.3. The van der Waals surface area contributed by atoms with E-state index in [1.165, 1.54) is 6.20 Å². The van der Waals surface area contributed by atoms with E-state index in [9.17, 15) is 4.79 Å². The molecule has 0 aromatic carbocycles. The van der Waals surface area contributed by atoms with Crippen LogP contribution in [0.15, 0.2) is 11.8 Å². The van der Waals surface area contributed by atoms with E-state index in [0.29, 0.717) is 26.3 Å². The van der Waals surface area contributed by atoms with Crippen LogP contribution in [0.1, 0.15) is 0 Å².